The standard InChI is InChI=1S/C11H16ClN3O5S/c1-3-20-10(16)8-15(4-5-19-2)21(17,18)9-6-13-11(12)14-7-9/h6-7H,3-5,8H2,1-2H3. The lowest BCUT2D eigenvalue weighted by Gasteiger charge is -2.20. The molecule has 0 bridgehead atoms. The highest BCUT2D eigenvalue weighted by Crippen LogP contribution is 2.14. The quantitative estimate of drug-likeness (QED) is 0.498. The van der Waals surface area contributed by atoms with E-state index in [2.05, 4.69) is 9.97 Å². The Labute approximate surface area is 128 Å². The molecule has 0 atom stereocenters. The average Bonchev–Trinajstić information content (AvgIpc) is 2.44. The summed E-state index contributed by atoms with van der Waals surface area (Å²) in [6.07, 6.45) is 2.16. The van der Waals surface area contributed by atoms with Crippen LogP contribution >= 0.6 is 11.6 Å². The molecule has 0 saturated heterocycles. The second kappa shape index (κ2) is 8.23. The van der Waals surface area contributed by atoms with Gasteiger partial charge in [0.2, 0.25) is 15.3 Å². The van der Waals surface area contributed by atoms with E-state index in [1.807, 2.05) is 0 Å². The largest absolute Gasteiger partial charge is 0.465 e. The van der Waals surface area contributed by atoms with Crippen molar-refractivity contribution in [2.75, 3.05) is 33.4 Å². The minimum Gasteiger partial charge on any atom is -0.465 e. The molecular formula is C11H16ClN3O5S. The number of halogens is 1. The number of hydrogen-bond acceptors (Lipinski definition) is 7. The Morgan fingerprint density at radius 1 is 1.38 bits per heavy atom. The second-order valence-corrected chi connectivity index (χ2v) is 6.10. The van der Waals surface area contributed by atoms with E-state index < -0.39 is 22.5 Å². The third-order valence-electron chi connectivity index (χ3n) is 2.39. The summed E-state index contributed by atoms with van der Waals surface area (Å²) in [5, 5.41) is -0.0669. The molecule has 0 amide bonds. The third kappa shape index (κ3) is 5.20. The number of hydrogen-bond donors (Lipinski definition) is 0. The predicted octanol–water partition coefficient (Wildman–Crippen LogP) is 0.330. The fourth-order valence-corrected chi connectivity index (χ4v) is 2.77. The predicted molar refractivity (Wildman–Crippen MR) is 74.3 cm³/mol. The Balaban J connectivity index is 2.99. The normalized spacial score (nSPS) is 11.6. The summed E-state index contributed by atoms with van der Waals surface area (Å²) in [7, 11) is -2.50. The average molecular weight is 338 g/mol. The number of esters is 1. The summed E-state index contributed by atoms with van der Waals surface area (Å²) >= 11 is 5.53. The first-order valence-corrected chi connectivity index (χ1v) is 7.85. The molecule has 0 spiro atoms. The topological polar surface area (TPSA) is 98.7 Å². The SMILES string of the molecule is CCOC(=O)CN(CCOC)S(=O)(=O)c1cnc(Cl)nc1. The van der Waals surface area contributed by atoms with E-state index in [1.165, 1.54) is 7.11 Å². The first-order chi connectivity index (χ1) is 9.91. The van der Waals surface area contributed by atoms with Crippen LogP contribution in [0.25, 0.3) is 0 Å². The first-order valence-electron chi connectivity index (χ1n) is 6.04. The van der Waals surface area contributed by atoms with Gasteiger partial charge in [-0.2, -0.15) is 4.31 Å². The summed E-state index contributed by atoms with van der Waals surface area (Å²) in [6.45, 7) is 1.52. The summed E-state index contributed by atoms with van der Waals surface area (Å²) in [4.78, 5) is 18.6. The van der Waals surface area contributed by atoms with Gasteiger partial charge in [-0.05, 0) is 18.5 Å². The molecule has 1 heterocycles. The number of aromatic nitrogens is 2. The maximum absolute atomic E-state index is 12.4. The smallest absolute Gasteiger partial charge is 0.321 e. The maximum atomic E-state index is 12.4. The van der Waals surface area contributed by atoms with E-state index in [0.29, 0.717) is 0 Å². The number of sulfonamides is 1. The summed E-state index contributed by atoms with van der Waals surface area (Å²) in [6, 6.07) is 0. The van der Waals surface area contributed by atoms with E-state index in [0.717, 1.165) is 16.7 Å². The summed E-state index contributed by atoms with van der Waals surface area (Å²) < 4.78 is 35.4. The van der Waals surface area contributed by atoms with Gasteiger partial charge < -0.3 is 9.47 Å². The van der Waals surface area contributed by atoms with Crippen molar-refractivity contribution in [3.63, 3.8) is 0 Å². The van der Waals surface area contributed by atoms with E-state index in [9.17, 15) is 13.2 Å². The molecule has 0 saturated carbocycles. The van der Waals surface area contributed by atoms with E-state index in [4.69, 9.17) is 21.1 Å². The zero-order valence-corrected chi connectivity index (χ0v) is 13.2. The third-order valence-corrected chi connectivity index (χ3v) is 4.38. The van der Waals surface area contributed by atoms with Crippen LogP contribution in [0.2, 0.25) is 5.28 Å². The summed E-state index contributed by atoms with van der Waals surface area (Å²) in [5.74, 6) is -0.646. The van der Waals surface area contributed by atoms with Crippen molar-refractivity contribution in [3.05, 3.63) is 17.7 Å². The molecule has 1 aromatic rings. The van der Waals surface area contributed by atoms with Gasteiger partial charge in [0.1, 0.15) is 11.4 Å². The molecule has 0 aromatic carbocycles. The fourth-order valence-electron chi connectivity index (χ4n) is 1.41. The van der Waals surface area contributed by atoms with Gasteiger partial charge in [0.05, 0.1) is 25.6 Å². The number of nitrogens with zero attached hydrogens (tertiary/aromatic N) is 3. The van der Waals surface area contributed by atoms with Crippen LogP contribution in [0.15, 0.2) is 17.3 Å². The van der Waals surface area contributed by atoms with Crippen molar-refractivity contribution in [1.82, 2.24) is 14.3 Å². The lowest BCUT2D eigenvalue weighted by Crippen LogP contribution is -2.38. The van der Waals surface area contributed by atoms with Gasteiger partial charge in [-0.3, -0.25) is 4.79 Å². The highest BCUT2D eigenvalue weighted by atomic mass is 35.5. The van der Waals surface area contributed by atoms with Gasteiger partial charge >= 0.3 is 5.97 Å². The Morgan fingerprint density at radius 2 is 2.00 bits per heavy atom. The molecule has 0 N–H and O–H groups in total. The monoisotopic (exact) mass is 337 g/mol. The molecule has 118 valence electrons. The number of ether oxygens (including phenoxy) is 2. The van der Waals surface area contributed by atoms with Gasteiger partial charge in [-0.25, -0.2) is 18.4 Å². The highest BCUT2D eigenvalue weighted by molar-refractivity contribution is 7.89. The van der Waals surface area contributed by atoms with Crippen molar-refractivity contribution < 1.29 is 22.7 Å². The van der Waals surface area contributed by atoms with Crippen molar-refractivity contribution in [1.29, 1.82) is 0 Å². The summed E-state index contributed by atoms with van der Waals surface area (Å²) in [5.41, 5.74) is 0. The lowest BCUT2D eigenvalue weighted by atomic mass is 10.6. The van der Waals surface area contributed by atoms with Gasteiger partial charge in [-0.15, -0.1) is 0 Å². The highest BCUT2D eigenvalue weighted by Gasteiger charge is 2.27. The van der Waals surface area contributed by atoms with Crippen LogP contribution in [-0.4, -0.2) is 62.1 Å². The molecule has 0 aliphatic heterocycles. The molecule has 21 heavy (non-hydrogen) atoms. The van der Waals surface area contributed by atoms with Crippen molar-refractivity contribution in [2.24, 2.45) is 0 Å². The first kappa shape index (κ1) is 17.8. The van der Waals surface area contributed by atoms with Crippen LogP contribution < -0.4 is 0 Å². The van der Waals surface area contributed by atoms with E-state index in [1.54, 1.807) is 6.92 Å². The molecule has 0 unspecified atom stereocenters. The van der Waals surface area contributed by atoms with Crippen LogP contribution in [0.4, 0.5) is 0 Å². The fraction of sp³-hybridized carbons (Fsp3) is 0.545. The van der Waals surface area contributed by atoms with E-state index in [-0.39, 0.29) is 29.9 Å². The van der Waals surface area contributed by atoms with Crippen LogP contribution in [0.3, 0.4) is 0 Å². The molecule has 8 nitrogen and oxygen atoms in total. The van der Waals surface area contributed by atoms with Crippen LogP contribution in [0.5, 0.6) is 0 Å². The zero-order valence-electron chi connectivity index (χ0n) is 11.7. The number of rotatable bonds is 8. The maximum Gasteiger partial charge on any atom is 0.321 e. The molecular weight excluding hydrogens is 322 g/mol. The molecule has 1 rings (SSSR count). The van der Waals surface area contributed by atoms with Crippen LogP contribution in [-0.2, 0) is 24.3 Å². The Kier molecular flexibility index (Phi) is 6.96. The second-order valence-electron chi connectivity index (χ2n) is 3.82. The van der Waals surface area contributed by atoms with Crippen LogP contribution in [0, 0.1) is 0 Å². The zero-order chi connectivity index (χ0) is 15.9. The Hall–Kier alpha value is -1.29. The van der Waals surface area contributed by atoms with Gasteiger partial charge in [0.25, 0.3) is 0 Å². The van der Waals surface area contributed by atoms with Gasteiger partial charge in [0, 0.05) is 13.7 Å². The molecule has 0 aliphatic carbocycles. The minimum absolute atomic E-state index is 0.000272. The van der Waals surface area contributed by atoms with Crippen molar-refractivity contribution >= 4 is 27.6 Å². The minimum atomic E-state index is -3.93. The van der Waals surface area contributed by atoms with E-state index >= 15 is 0 Å². The number of carbonyl (C=O) groups excluding carboxylic acids is 1. The molecule has 0 aliphatic rings. The molecule has 0 radical (unpaired) electrons. The lowest BCUT2D eigenvalue weighted by molar-refractivity contribution is -0.143. The number of methoxy groups -OCH3 is 1. The Morgan fingerprint density at radius 3 is 2.52 bits per heavy atom. The van der Waals surface area contributed by atoms with Crippen LogP contribution in [0.1, 0.15) is 6.92 Å². The molecule has 1 aromatic heterocycles. The van der Waals surface area contributed by atoms with Gasteiger partial charge in [-0.1, -0.05) is 0 Å². The van der Waals surface area contributed by atoms with Gasteiger partial charge in [0.15, 0.2) is 0 Å². The Bertz CT molecular complexity index is 564. The molecule has 0 fully saturated rings. The van der Waals surface area contributed by atoms with Crippen molar-refractivity contribution in [2.45, 2.75) is 11.8 Å². The molecule has 10 heteroatoms. The van der Waals surface area contributed by atoms with Crippen molar-refractivity contribution in [3.8, 4) is 0 Å². The number of carbonyl (C=O) groups is 1.